The number of hydrogen-bond donors (Lipinski definition) is 1. The minimum Gasteiger partial charge on any atom is -0.381 e. The third-order valence-corrected chi connectivity index (χ3v) is 5.55. The molecule has 3 fully saturated rings. The molecule has 3 aliphatic rings. The van der Waals surface area contributed by atoms with Gasteiger partial charge in [-0.25, -0.2) is 9.97 Å². The molecule has 1 amide bonds. The van der Waals surface area contributed by atoms with Crippen LogP contribution in [0.3, 0.4) is 0 Å². The normalized spacial score (nSPS) is 33.5. The van der Waals surface area contributed by atoms with E-state index in [-0.39, 0.29) is 5.92 Å². The molecule has 1 atom stereocenters. The van der Waals surface area contributed by atoms with E-state index >= 15 is 0 Å². The Morgan fingerprint density at radius 1 is 1.43 bits per heavy atom. The fraction of sp³-hybridized carbons (Fsp3) is 0.706. The van der Waals surface area contributed by atoms with Crippen LogP contribution in [0.25, 0.3) is 0 Å². The third-order valence-electron chi connectivity index (χ3n) is 5.55. The molecule has 0 aromatic carbocycles. The second-order valence-electron chi connectivity index (χ2n) is 7.27. The van der Waals surface area contributed by atoms with E-state index in [0.29, 0.717) is 24.0 Å². The molecular formula is C17H24N4O2. The van der Waals surface area contributed by atoms with Gasteiger partial charge in [-0.2, -0.15) is 0 Å². The minimum absolute atomic E-state index is 0.0916. The number of nitrogens with one attached hydrogen (secondary N) is 1. The Morgan fingerprint density at radius 3 is 3.09 bits per heavy atom. The molecule has 2 saturated heterocycles. The predicted molar refractivity (Wildman–Crippen MR) is 85.8 cm³/mol. The topological polar surface area (TPSA) is 67.3 Å². The molecule has 1 aromatic heterocycles. The summed E-state index contributed by atoms with van der Waals surface area (Å²) in [5.74, 6) is 1.30. The van der Waals surface area contributed by atoms with Crippen molar-refractivity contribution in [1.29, 1.82) is 0 Å². The van der Waals surface area contributed by atoms with E-state index in [1.54, 1.807) is 12.5 Å². The van der Waals surface area contributed by atoms with Crippen LogP contribution in [-0.2, 0) is 9.53 Å². The zero-order valence-electron chi connectivity index (χ0n) is 13.4. The van der Waals surface area contributed by atoms with Gasteiger partial charge in [-0.05, 0) is 43.6 Å². The first-order valence-corrected chi connectivity index (χ1v) is 8.63. The van der Waals surface area contributed by atoms with Crippen molar-refractivity contribution in [2.45, 2.75) is 38.1 Å². The Morgan fingerprint density at radius 2 is 2.35 bits per heavy atom. The van der Waals surface area contributed by atoms with Crippen molar-refractivity contribution in [3.63, 3.8) is 0 Å². The molecule has 2 aliphatic heterocycles. The smallest absolute Gasteiger partial charge is 0.228 e. The van der Waals surface area contributed by atoms with Gasteiger partial charge in [-0.15, -0.1) is 0 Å². The highest BCUT2D eigenvalue weighted by Gasteiger charge is 2.50. The summed E-state index contributed by atoms with van der Waals surface area (Å²) in [6.45, 7) is 3.25. The summed E-state index contributed by atoms with van der Waals surface area (Å²) in [4.78, 5) is 22.9. The third kappa shape index (κ3) is 3.04. The Bertz CT molecular complexity index is 553. The van der Waals surface area contributed by atoms with Crippen LogP contribution in [0, 0.1) is 11.3 Å². The first-order valence-electron chi connectivity index (χ1n) is 8.63. The van der Waals surface area contributed by atoms with Crippen molar-refractivity contribution in [3.8, 4) is 0 Å². The summed E-state index contributed by atoms with van der Waals surface area (Å²) in [6, 6.07) is 2.37. The molecule has 23 heavy (non-hydrogen) atoms. The number of hydrogen-bond acceptors (Lipinski definition) is 5. The second-order valence-corrected chi connectivity index (χ2v) is 7.27. The maximum atomic E-state index is 12.6. The van der Waals surface area contributed by atoms with E-state index in [1.165, 1.54) is 0 Å². The quantitative estimate of drug-likeness (QED) is 0.919. The molecule has 0 radical (unpaired) electrons. The molecule has 3 heterocycles. The molecule has 1 aromatic rings. The van der Waals surface area contributed by atoms with Gasteiger partial charge in [0.25, 0.3) is 0 Å². The molecule has 1 unspecified atom stereocenters. The van der Waals surface area contributed by atoms with Crippen LogP contribution in [0.2, 0.25) is 0 Å². The van der Waals surface area contributed by atoms with E-state index in [4.69, 9.17) is 4.74 Å². The molecule has 0 bridgehead atoms. The van der Waals surface area contributed by atoms with Crippen molar-refractivity contribution in [1.82, 2.24) is 14.9 Å². The highest BCUT2D eigenvalue weighted by Crippen LogP contribution is 2.49. The lowest BCUT2D eigenvalue weighted by Gasteiger charge is -2.45. The summed E-state index contributed by atoms with van der Waals surface area (Å²) in [5, 5.41) is 3.46. The molecule has 6 heteroatoms. The molecule has 6 nitrogen and oxygen atoms in total. The molecule has 1 aliphatic carbocycles. The van der Waals surface area contributed by atoms with Crippen molar-refractivity contribution in [2.75, 3.05) is 31.6 Å². The number of ether oxygens (including phenoxy) is 1. The summed E-state index contributed by atoms with van der Waals surface area (Å²) < 4.78 is 5.47. The van der Waals surface area contributed by atoms with Gasteiger partial charge >= 0.3 is 0 Å². The van der Waals surface area contributed by atoms with E-state index in [2.05, 4.69) is 20.2 Å². The van der Waals surface area contributed by atoms with Crippen LogP contribution < -0.4 is 5.32 Å². The maximum absolute atomic E-state index is 12.6. The average molecular weight is 316 g/mol. The predicted octanol–water partition coefficient (Wildman–Crippen LogP) is 1.70. The molecule has 1 saturated carbocycles. The minimum atomic E-state index is 0.0916. The largest absolute Gasteiger partial charge is 0.381 e. The summed E-state index contributed by atoms with van der Waals surface area (Å²) in [7, 11) is 0. The van der Waals surface area contributed by atoms with Crippen LogP contribution in [-0.4, -0.2) is 53.1 Å². The molecule has 1 N–H and O–H groups in total. The number of carbonyl (C=O) groups is 1. The standard InChI is InChI=1S/C17H24N4O2/c22-16(13-2-1-7-23-10-13)21-6-4-17(11-21)8-14(9-17)20-15-3-5-18-12-19-15/h3,5,12-14H,1-2,4,6-11H2,(H,18,19,20). The van der Waals surface area contributed by atoms with E-state index in [0.717, 1.165) is 57.6 Å². The monoisotopic (exact) mass is 316 g/mol. The molecule has 1 spiro atoms. The number of carbonyl (C=O) groups excluding carboxylic acids is 1. The van der Waals surface area contributed by atoms with Gasteiger partial charge in [-0.1, -0.05) is 0 Å². The van der Waals surface area contributed by atoms with Gasteiger partial charge < -0.3 is 15.0 Å². The van der Waals surface area contributed by atoms with Crippen molar-refractivity contribution in [3.05, 3.63) is 18.6 Å². The Hall–Kier alpha value is -1.69. The Kier molecular flexibility index (Phi) is 3.93. The average Bonchev–Trinajstić information content (AvgIpc) is 3.01. The van der Waals surface area contributed by atoms with Gasteiger partial charge in [0.15, 0.2) is 0 Å². The SMILES string of the molecule is O=C(C1CCCOC1)N1CCC2(CC(Nc3ccncn3)C2)C1. The number of likely N-dealkylation sites (tertiary alicyclic amines) is 1. The Balaban J connectivity index is 1.28. The van der Waals surface area contributed by atoms with Crippen LogP contribution >= 0.6 is 0 Å². The highest BCUT2D eigenvalue weighted by atomic mass is 16.5. The van der Waals surface area contributed by atoms with Crippen LogP contribution in [0.5, 0.6) is 0 Å². The van der Waals surface area contributed by atoms with Crippen LogP contribution in [0.4, 0.5) is 5.82 Å². The van der Waals surface area contributed by atoms with Gasteiger partial charge in [0.1, 0.15) is 12.1 Å². The van der Waals surface area contributed by atoms with Crippen molar-refractivity contribution < 1.29 is 9.53 Å². The number of amides is 1. The molecular weight excluding hydrogens is 292 g/mol. The first-order chi connectivity index (χ1) is 11.2. The lowest BCUT2D eigenvalue weighted by Crippen LogP contribution is -2.48. The van der Waals surface area contributed by atoms with Crippen LogP contribution in [0.1, 0.15) is 32.1 Å². The molecule has 124 valence electrons. The van der Waals surface area contributed by atoms with E-state index in [9.17, 15) is 4.79 Å². The van der Waals surface area contributed by atoms with Crippen molar-refractivity contribution >= 4 is 11.7 Å². The lowest BCUT2D eigenvalue weighted by atomic mass is 9.65. The van der Waals surface area contributed by atoms with Gasteiger partial charge in [-0.3, -0.25) is 4.79 Å². The fourth-order valence-corrected chi connectivity index (χ4v) is 4.32. The molecule has 4 rings (SSSR count). The zero-order valence-corrected chi connectivity index (χ0v) is 13.4. The maximum Gasteiger partial charge on any atom is 0.228 e. The first kappa shape index (κ1) is 14.9. The summed E-state index contributed by atoms with van der Waals surface area (Å²) >= 11 is 0. The van der Waals surface area contributed by atoms with E-state index in [1.807, 2.05) is 6.07 Å². The van der Waals surface area contributed by atoms with Crippen LogP contribution in [0.15, 0.2) is 18.6 Å². The number of aromatic nitrogens is 2. The number of nitrogens with zero attached hydrogens (tertiary/aromatic N) is 3. The second kappa shape index (κ2) is 6.07. The van der Waals surface area contributed by atoms with Crippen molar-refractivity contribution in [2.24, 2.45) is 11.3 Å². The summed E-state index contributed by atoms with van der Waals surface area (Å²) in [6.07, 6.45) is 8.71. The van der Waals surface area contributed by atoms with Gasteiger partial charge in [0, 0.05) is 31.9 Å². The summed E-state index contributed by atoms with van der Waals surface area (Å²) in [5.41, 5.74) is 0.329. The fourth-order valence-electron chi connectivity index (χ4n) is 4.32. The lowest BCUT2D eigenvalue weighted by molar-refractivity contribution is -0.139. The number of anilines is 1. The highest BCUT2D eigenvalue weighted by molar-refractivity contribution is 5.79. The number of rotatable bonds is 3. The Labute approximate surface area is 136 Å². The van der Waals surface area contributed by atoms with Gasteiger partial charge in [0.2, 0.25) is 5.91 Å². The van der Waals surface area contributed by atoms with E-state index < -0.39 is 0 Å². The zero-order chi connectivity index (χ0) is 15.7. The van der Waals surface area contributed by atoms with Gasteiger partial charge in [0.05, 0.1) is 12.5 Å².